The number of nitrogens with one attached hydrogen (secondary N) is 1. The van der Waals surface area contributed by atoms with Crippen molar-refractivity contribution in [1.82, 2.24) is 5.32 Å². The van der Waals surface area contributed by atoms with Crippen LogP contribution in [0.2, 0.25) is 0 Å². The van der Waals surface area contributed by atoms with Gasteiger partial charge in [-0.2, -0.15) is 0 Å². The van der Waals surface area contributed by atoms with E-state index < -0.39 is 51.4 Å². The molecule has 1 aliphatic heterocycles. The molecule has 0 saturated carbocycles. The first kappa shape index (κ1) is 22.3. The van der Waals surface area contributed by atoms with Crippen LogP contribution in [0.3, 0.4) is 0 Å². The number of hydrogen-bond acceptors (Lipinski definition) is 8. The molecule has 5 N–H and O–H groups in total. The van der Waals surface area contributed by atoms with Crippen molar-refractivity contribution in [3.8, 4) is 0 Å². The maximum atomic E-state index is 11.3. The van der Waals surface area contributed by atoms with Crippen LogP contribution in [0.1, 0.15) is 32.6 Å². The summed E-state index contributed by atoms with van der Waals surface area (Å²) in [6.07, 6.45) is -1.75. The van der Waals surface area contributed by atoms with Crippen LogP contribution in [0.4, 0.5) is 0 Å². The van der Waals surface area contributed by atoms with Crippen molar-refractivity contribution in [2.75, 3.05) is 19.8 Å². The first-order chi connectivity index (χ1) is 11.9. The van der Waals surface area contributed by atoms with Gasteiger partial charge >= 0.3 is 8.25 Å². The van der Waals surface area contributed by atoms with Gasteiger partial charge in [0.15, 0.2) is 6.29 Å². The normalized spacial score (nSPS) is 30.1. The third-order valence-electron chi connectivity index (χ3n) is 3.77. The summed E-state index contributed by atoms with van der Waals surface area (Å²) >= 11 is 0. The molecule has 1 fully saturated rings. The number of hydrogen-bond donors (Lipinski definition) is 5. The van der Waals surface area contributed by atoms with E-state index in [-0.39, 0.29) is 13.2 Å². The predicted molar refractivity (Wildman–Crippen MR) is 85.6 cm³/mol. The number of rotatable bonds is 11. The second-order valence-electron chi connectivity index (χ2n) is 5.79. The molecule has 25 heavy (non-hydrogen) atoms. The quantitative estimate of drug-likeness (QED) is 0.227. The van der Waals surface area contributed by atoms with E-state index in [1.54, 1.807) is 0 Å². The third-order valence-corrected chi connectivity index (χ3v) is 4.18. The molecule has 1 saturated heterocycles. The summed E-state index contributed by atoms with van der Waals surface area (Å²) in [7, 11) is -2.55. The van der Waals surface area contributed by atoms with Gasteiger partial charge in [-0.3, -0.25) is 4.79 Å². The minimum atomic E-state index is -2.55. The molecule has 1 heterocycles. The number of amides is 1. The van der Waals surface area contributed by atoms with E-state index in [4.69, 9.17) is 14.4 Å². The number of carbonyl (C=O) groups excluding carboxylic acids is 1. The molecule has 0 radical (unpaired) electrons. The van der Waals surface area contributed by atoms with Crippen LogP contribution in [-0.2, 0) is 23.4 Å². The minimum absolute atomic E-state index is 0.213. The van der Waals surface area contributed by atoms with Crippen LogP contribution in [0.25, 0.3) is 0 Å². The van der Waals surface area contributed by atoms with Crippen LogP contribution in [0.5, 0.6) is 0 Å². The molecule has 6 atom stereocenters. The van der Waals surface area contributed by atoms with Crippen molar-refractivity contribution >= 4 is 14.2 Å². The second-order valence-corrected chi connectivity index (χ2v) is 6.52. The monoisotopic (exact) mass is 384 g/mol. The van der Waals surface area contributed by atoms with Gasteiger partial charge in [-0.05, 0) is 12.8 Å². The number of carbonyl (C=O) groups is 1. The van der Waals surface area contributed by atoms with Crippen LogP contribution in [-0.4, -0.2) is 76.6 Å². The summed E-state index contributed by atoms with van der Waals surface area (Å²) in [6, 6.07) is -0.940. The molecule has 0 spiro atoms. The Labute approximate surface area is 147 Å². The number of unbranched alkanes of at least 4 members (excludes halogenated alkanes) is 3. The lowest BCUT2D eigenvalue weighted by Gasteiger charge is -2.42. The zero-order valence-corrected chi connectivity index (χ0v) is 15.0. The van der Waals surface area contributed by atoms with Crippen LogP contribution < -0.4 is 5.32 Å². The zero-order chi connectivity index (χ0) is 18.8. The van der Waals surface area contributed by atoms with Crippen molar-refractivity contribution in [3.05, 3.63) is 0 Å². The van der Waals surface area contributed by atoms with Gasteiger partial charge in [0, 0.05) is 18.1 Å². The minimum Gasteiger partial charge on any atom is -0.394 e. The molecule has 11 heteroatoms. The van der Waals surface area contributed by atoms with Gasteiger partial charge < -0.3 is 30.1 Å². The summed E-state index contributed by atoms with van der Waals surface area (Å²) in [5.74, 6) is -0.405. The van der Waals surface area contributed by atoms with Crippen LogP contribution >= 0.6 is 8.25 Å². The summed E-state index contributed by atoms with van der Waals surface area (Å²) in [5, 5.41) is 31.7. The summed E-state index contributed by atoms with van der Waals surface area (Å²) in [5.41, 5.74) is 0. The Morgan fingerprint density at radius 1 is 1.16 bits per heavy atom. The Bertz CT molecular complexity index is 425. The lowest BCUT2D eigenvalue weighted by molar-refractivity contribution is -0.270. The molecule has 1 aliphatic rings. The number of aliphatic hydroxyl groups is 3. The van der Waals surface area contributed by atoms with Gasteiger partial charge in [0.25, 0.3) is 0 Å². The molecule has 0 aliphatic carbocycles. The Hall–Kier alpha value is -0.710. The highest BCUT2D eigenvalue weighted by Gasteiger charge is 2.45. The maximum Gasteiger partial charge on any atom is 0.694 e. The molecule has 0 aromatic heterocycles. The fourth-order valence-electron chi connectivity index (χ4n) is 2.51. The van der Waals surface area contributed by atoms with Gasteiger partial charge in [-0.15, -0.1) is 9.42 Å². The molecule has 0 aromatic carbocycles. The fraction of sp³-hybridized carbons (Fsp3) is 0.929. The number of aliphatic hydroxyl groups excluding tert-OH is 3. The van der Waals surface area contributed by atoms with Crippen molar-refractivity contribution < 1.29 is 43.6 Å². The highest BCUT2D eigenvalue weighted by Crippen LogP contribution is 2.22. The van der Waals surface area contributed by atoms with E-state index in [1.807, 2.05) is 0 Å². The topological polar surface area (TPSA) is 155 Å². The first-order valence-corrected chi connectivity index (χ1v) is 9.30. The molecule has 3 unspecified atom stereocenters. The molecular formula is C14H27NO9P+. The summed E-state index contributed by atoms with van der Waals surface area (Å²) in [6.45, 7) is 1.29. The fourth-order valence-corrected chi connectivity index (χ4v) is 2.80. The maximum absolute atomic E-state index is 11.3. The van der Waals surface area contributed by atoms with Crippen molar-refractivity contribution in [2.24, 2.45) is 0 Å². The third kappa shape index (κ3) is 8.02. The highest BCUT2D eigenvalue weighted by atomic mass is 31.1. The number of ether oxygens (including phenoxy) is 2. The Kier molecular flexibility index (Phi) is 10.6. The smallest absolute Gasteiger partial charge is 0.394 e. The van der Waals surface area contributed by atoms with Gasteiger partial charge in [0.05, 0.1) is 6.61 Å². The molecule has 0 bridgehead atoms. The largest absolute Gasteiger partial charge is 0.694 e. The Morgan fingerprint density at radius 2 is 1.80 bits per heavy atom. The van der Waals surface area contributed by atoms with E-state index in [2.05, 4.69) is 9.84 Å². The standard InChI is InChI=1S/C14H26NO9P/c1-9(17)15-11-13(19)12(18)10(8-16)24-14(11)22-6-4-2-3-5-7-23-25(20)21/h10-14,16,18-19H,2-8H2,1H3,(H-,15,17,20,21)/p+1/t10?,11-,12-,13?,14+/m0/s1. The first-order valence-electron chi connectivity index (χ1n) is 8.17. The highest BCUT2D eigenvalue weighted by molar-refractivity contribution is 7.32. The van der Waals surface area contributed by atoms with E-state index >= 15 is 0 Å². The lowest BCUT2D eigenvalue weighted by Crippen LogP contribution is -2.64. The molecule has 1 rings (SSSR count). The predicted octanol–water partition coefficient (Wildman–Crippen LogP) is -0.827. The Balaban J connectivity index is 2.36. The second kappa shape index (κ2) is 11.8. The Morgan fingerprint density at radius 3 is 2.36 bits per heavy atom. The molecular weight excluding hydrogens is 357 g/mol. The zero-order valence-electron chi connectivity index (χ0n) is 14.1. The van der Waals surface area contributed by atoms with E-state index in [9.17, 15) is 24.7 Å². The van der Waals surface area contributed by atoms with Crippen LogP contribution in [0.15, 0.2) is 0 Å². The molecule has 1 amide bonds. The van der Waals surface area contributed by atoms with Gasteiger partial charge in [0.1, 0.15) is 31.0 Å². The SMILES string of the molecule is CC(=O)N[C@H]1C(O)[C@@H](O)C(CO)O[C@H]1OCCCCCCO[P+](=O)O. The van der Waals surface area contributed by atoms with Crippen LogP contribution in [0, 0.1) is 0 Å². The van der Waals surface area contributed by atoms with Crippen molar-refractivity contribution in [2.45, 2.75) is 63.3 Å². The van der Waals surface area contributed by atoms with E-state index in [0.717, 1.165) is 12.8 Å². The average molecular weight is 384 g/mol. The van der Waals surface area contributed by atoms with E-state index in [1.165, 1.54) is 6.92 Å². The molecule has 10 nitrogen and oxygen atoms in total. The van der Waals surface area contributed by atoms with Gasteiger partial charge in [0.2, 0.25) is 5.91 Å². The van der Waals surface area contributed by atoms with Crippen molar-refractivity contribution in [3.63, 3.8) is 0 Å². The molecule has 0 aromatic rings. The summed E-state index contributed by atoms with van der Waals surface area (Å²) in [4.78, 5) is 19.7. The average Bonchev–Trinajstić information content (AvgIpc) is 2.55. The van der Waals surface area contributed by atoms with E-state index in [0.29, 0.717) is 12.8 Å². The van der Waals surface area contributed by atoms with Crippen molar-refractivity contribution in [1.29, 1.82) is 0 Å². The summed E-state index contributed by atoms with van der Waals surface area (Å²) < 4.78 is 25.8. The van der Waals surface area contributed by atoms with Gasteiger partial charge in [-0.1, -0.05) is 12.8 Å². The molecule has 146 valence electrons. The lowest BCUT2D eigenvalue weighted by atomic mass is 9.97. The van der Waals surface area contributed by atoms with Gasteiger partial charge in [-0.25, -0.2) is 0 Å².